The molecule has 0 aromatic heterocycles. The molecule has 0 amide bonds. The van der Waals surface area contributed by atoms with E-state index in [1.54, 1.807) is 0 Å². The second kappa shape index (κ2) is 4.34. The molecule has 1 aliphatic carbocycles. The number of piperazine rings is 1. The number of rotatable bonds is 4. The summed E-state index contributed by atoms with van der Waals surface area (Å²) < 4.78 is 0. The minimum Gasteiger partial charge on any atom is -0.480 e. The molecule has 4 nitrogen and oxygen atoms in total. The minimum absolute atomic E-state index is 0.671. The third-order valence-corrected chi connectivity index (χ3v) is 4.22. The first-order valence-electron chi connectivity index (χ1n) is 6.30. The zero-order valence-corrected chi connectivity index (χ0v) is 10.3. The molecule has 0 aromatic carbocycles. The van der Waals surface area contributed by atoms with E-state index in [-0.39, 0.29) is 0 Å². The Morgan fingerprint density at radius 3 is 2.25 bits per heavy atom. The summed E-state index contributed by atoms with van der Waals surface area (Å²) in [6, 6.07) is 0.805. The van der Waals surface area contributed by atoms with Crippen LogP contribution in [0.4, 0.5) is 0 Å². The van der Waals surface area contributed by atoms with Crippen molar-refractivity contribution in [3.63, 3.8) is 0 Å². The Balaban J connectivity index is 1.93. The summed E-state index contributed by atoms with van der Waals surface area (Å²) in [5.41, 5.74) is -0.671. The molecule has 1 N–H and O–H groups in total. The third-order valence-electron chi connectivity index (χ3n) is 4.22. The van der Waals surface area contributed by atoms with Crippen LogP contribution in [0.25, 0.3) is 0 Å². The van der Waals surface area contributed by atoms with E-state index in [0.29, 0.717) is 6.42 Å². The van der Waals surface area contributed by atoms with Crippen LogP contribution >= 0.6 is 0 Å². The van der Waals surface area contributed by atoms with Crippen LogP contribution < -0.4 is 0 Å². The lowest BCUT2D eigenvalue weighted by molar-refractivity contribution is -0.152. The van der Waals surface area contributed by atoms with Crippen LogP contribution in [0.3, 0.4) is 0 Å². The average molecular weight is 226 g/mol. The van der Waals surface area contributed by atoms with Crippen molar-refractivity contribution in [1.29, 1.82) is 0 Å². The van der Waals surface area contributed by atoms with Gasteiger partial charge in [0.25, 0.3) is 0 Å². The van der Waals surface area contributed by atoms with Crippen LogP contribution in [0, 0.1) is 0 Å². The van der Waals surface area contributed by atoms with Crippen molar-refractivity contribution in [1.82, 2.24) is 9.80 Å². The number of nitrogens with zero attached hydrogens (tertiary/aromatic N) is 2. The van der Waals surface area contributed by atoms with Crippen molar-refractivity contribution >= 4 is 5.97 Å². The Hall–Kier alpha value is -0.610. The number of carboxylic acid groups (broad SMARTS) is 1. The highest BCUT2D eigenvalue weighted by atomic mass is 16.4. The molecular formula is C12H22N2O2. The Kier molecular flexibility index (Phi) is 3.22. The van der Waals surface area contributed by atoms with Crippen molar-refractivity contribution < 1.29 is 9.90 Å². The number of hydrogen-bond acceptors (Lipinski definition) is 3. The van der Waals surface area contributed by atoms with Crippen molar-refractivity contribution in [3.8, 4) is 0 Å². The molecule has 2 fully saturated rings. The monoisotopic (exact) mass is 226 g/mol. The van der Waals surface area contributed by atoms with Gasteiger partial charge in [0.1, 0.15) is 5.54 Å². The van der Waals surface area contributed by atoms with Gasteiger partial charge in [-0.05, 0) is 26.2 Å². The highest BCUT2D eigenvalue weighted by molar-refractivity contribution is 5.78. The van der Waals surface area contributed by atoms with Crippen molar-refractivity contribution in [2.75, 3.05) is 26.2 Å². The first-order chi connectivity index (χ1) is 7.58. The van der Waals surface area contributed by atoms with E-state index in [1.807, 2.05) is 13.8 Å². The lowest BCUT2D eigenvalue weighted by atomic mass is 9.95. The van der Waals surface area contributed by atoms with E-state index < -0.39 is 11.5 Å². The zero-order chi connectivity index (χ0) is 11.8. The highest BCUT2D eigenvalue weighted by Crippen LogP contribution is 2.29. The first-order valence-corrected chi connectivity index (χ1v) is 6.30. The molecular weight excluding hydrogens is 204 g/mol. The Morgan fingerprint density at radius 2 is 1.88 bits per heavy atom. The lowest BCUT2D eigenvalue weighted by Crippen LogP contribution is -2.59. The van der Waals surface area contributed by atoms with Crippen molar-refractivity contribution in [2.24, 2.45) is 0 Å². The zero-order valence-electron chi connectivity index (χ0n) is 10.3. The van der Waals surface area contributed by atoms with Gasteiger partial charge in [-0.3, -0.25) is 14.6 Å². The molecule has 4 heteroatoms. The van der Waals surface area contributed by atoms with Crippen LogP contribution in [0.1, 0.15) is 33.1 Å². The summed E-state index contributed by atoms with van der Waals surface area (Å²) in [6.07, 6.45) is 3.35. The van der Waals surface area contributed by atoms with Gasteiger partial charge in [-0.15, -0.1) is 0 Å². The molecule has 0 radical (unpaired) electrons. The predicted octanol–water partition coefficient (Wildman–Crippen LogP) is 1.02. The molecule has 2 aliphatic rings. The largest absolute Gasteiger partial charge is 0.480 e. The summed E-state index contributed by atoms with van der Waals surface area (Å²) in [5.74, 6) is -0.685. The topological polar surface area (TPSA) is 43.8 Å². The van der Waals surface area contributed by atoms with E-state index in [9.17, 15) is 9.90 Å². The van der Waals surface area contributed by atoms with Gasteiger partial charge >= 0.3 is 5.97 Å². The minimum atomic E-state index is -0.685. The second-order valence-electron chi connectivity index (χ2n) is 5.19. The second-order valence-corrected chi connectivity index (χ2v) is 5.19. The van der Waals surface area contributed by atoms with Gasteiger partial charge in [-0.2, -0.15) is 0 Å². The van der Waals surface area contributed by atoms with Gasteiger partial charge in [0.15, 0.2) is 0 Å². The van der Waals surface area contributed by atoms with E-state index in [2.05, 4.69) is 9.80 Å². The molecule has 1 unspecified atom stereocenters. The predicted molar refractivity (Wildman–Crippen MR) is 62.5 cm³/mol. The van der Waals surface area contributed by atoms with E-state index in [4.69, 9.17) is 0 Å². The van der Waals surface area contributed by atoms with Gasteiger partial charge in [-0.1, -0.05) is 6.92 Å². The van der Waals surface area contributed by atoms with Crippen LogP contribution in [0.2, 0.25) is 0 Å². The van der Waals surface area contributed by atoms with Gasteiger partial charge in [0.05, 0.1) is 0 Å². The fourth-order valence-corrected chi connectivity index (χ4v) is 2.53. The van der Waals surface area contributed by atoms with E-state index in [0.717, 1.165) is 32.2 Å². The highest BCUT2D eigenvalue weighted by Gasteiger charge is 2.41. The van der Waals surface area contributed by atoms with Gasteiger partial charge < -0.3 is 5.11 Å². The molecule has 1 aliphatic heterocycles. The average Bonchev–Trinajstić information content (AvgIpc) is 3.12. The van der Waals surface area contributed by atoms with Gasteiger partial charge in [0, 0.05) is 32.2 Å². The molecule has 0 aromatic rings. The Morgan fingerprint density at radius 1 is 1.31 bits per heavy atom. The third kappa shape index (κ3) is 2.09. The molecule has 16 heavy (non-hydrogen) atoms. The Bertz CT molecular complexity index is 270. The SMILES string of the molecule is CCC(C)(C(=O)O)N1CCN(C2CC2)CC1. The molecule has 1 saturated carbocycles. The fraction of sp³-hybridized carbons (Fsp3) is 0.917. The maximum atomic E-state index is 11.3. The van der Waals surface area contributed by atoms with Crippen LogP contribution in [-0.2, 0) is 4.79 Å². The Labute approximate surface area is 97.2 Å². The lowest BCUT2D eigenvalue weighted by Gasteiger charge is -2.43. The van der Waals surface area contributed by atoms with Crippen molar-refractivity contribution in [3.05, 3.63) is 0 Å². The van der Waals surface area contributed by atoms with E-state index in [1.165, 1.54) is 12.8 Å². The summed E-state index contributed by atoms with van der Waals surface area (Å²) in [5, 5.41) is 9.32. The summed E-state index contributed by atoms with van der Waals surface area (Å²) >= 11 is 0. The van der Waals surface area contributed by atoms with Crippen LogP contribution in [0.5, 0.6) is 0 Å². The molecule has 0 spiro atoms. The molecule has 1 atom stereocenters. The molecule has 0 bridgehead atoms. The van der Waals surface area contributed by atoms with Gasteiger partial charge in [0.2, 0.25) is 0 Å². The number of carbonyl (C=O) groups is 1. The summed E-state index contributed by atoms with van der Waals surface area (Å²) in [4.78, 5) is 16.0. The van der Waals surface area contributed by atoms with Crippen LogP contribution in [0.15, 0.2) is 0 Å². The standard InChI is InChI=1S/C12H22N2O2/c1-3-12(2,11(15)16)14-8-6-13(7-9-14)10-4-5-10/h10H,3-9H2,1-2H3,(H,15,16). The maximum absolute atomic E-state index is 11.3. The van der Waals surface area contributed by atoms with Gasteiger partial charge in [-0.25, -0.2) is 0 Å². The van der Waals surface area contributed by atoms with E-state index >= 15 is 0 Å². The van der Waals surface area contributed by atoms with Crippen molar-refractivity contribution in [2.45, 2.75) is 44.7 Å². The smallest absolute Gasteiger partial charge is 0.323 e. The quantitative estimate of drug-likeness (QED) is 0.777. The first kappa shape index (κ1) is 11.9. The van der Waals surface area contributed by atoms with Crippen LogP contribution in [-0.4, -0.2) is 58.6 Å². The molecule has 2 rings (SSSR count). The number of aliphatic carboxylic acids is 1. The number of hydrogen-bond donors (Lipinski definition) is 1. The number of carboxylic acids is 1. The fourth-order valence-electron chi connectivity index (χ4n) is 2.53. The summed E-state index contributed by atoms with van der Waals surface area (Å²) in [7, 11) is 0. The molecule has 1 heterocycles. The normalized spacial score (nSPS) is 27.6. The molecule has 1 saturated heterocycles. The maximum Gasteiger partial charge on any atom is 0.323 e. The summed E-state index contributed by atoms with van der Waals surface area (Å²) in [6.45, 7) is 7.67. The molecule has 92 valence electrons.